The molecular formula is C48H54Br4N10O10S2. The summed E-state index contributed by atoms with van der Waals surface area (Å²) in [5.41, 5.74) is 2.39. The molecule has 20 nitrogen and oxygen atoms in total. The molecule has 8 bridgehead atoms. The molecule has 74 heavy (non-hydrogen) atoms. The van der Waals surface area contributed by atoms with E-state index in [4.69, 9.17) is 43.4 Å². The molecule has 6 heterocycles. The number of phenols is 2. The summed E-state index contributed by atoms with van der Waals surface area (Å²) in [6.07, 6.45) is 0.322. The highest BCUT2D eigenvalue weighted by molar-refractivity contribution is 9.11. The van der Waals surface area contributed by atoms with Crippen LogP contribution in [0.5, 0.6) is 34.5 Å². The van der Waals surface area contributed by atoms with Crippen LogP contribution in [0.2, 0.25) is 0 Å². The third-order valence-corrected chi connectivity index (χ3v) is 14.7. The second-order valence-corrected chi connectivity index (χ2v) is 21.3. The average molecular weight is 1310 g/mol. The number of nitrogens with one attached hydrogen (secondary N) is 6. The highest BCUT2D eigenvalue weighted by Crippen LogP contribution is 2.45. The van der Waals surface area contributed by atoms with Gasteiger partial charge in [0.15, 0.2) is 44.7 Å². The van der Waals surface area contributed by atoms with Crippen LogP contribution in [-0.2, 0) is 44.7 Å². The number of carbonyl (C=O) groups is 2. The summed E-state index contributed by atoms with van der Waals surface area (Å²) in [5, 5.41) is 68.8. The number of hydrogen-bond donors (Lipinski definition) is 10. The van der Waals surface area contributed by atoms with E-state index < -0.39 is 11.8 Å². The van der Waals surface area contributed by atoms with Gasteiger partial charge in [0, 0.05) is 78.3 Å². The zero-order chi connectivity index (χ0) is 52.7. The Bertz CT molecular complexity index is 2740. The predicted octanol–water partition coefficient (Wildman–Crippen LogP) is 6.75. The molecule has 2 saturated heterocycles. The predicted molar refractivity (Wildman–Crippen MR) is 302 cm³/mol. The first-order chi connectivity index (χ1) is 35.7. The van der Waals surface area contributed by atoms with Gasteiger partial charge in [-0.2, -0.15) is 0 Å². The lowest BCUT2D eigenvalue weighted by atomic mass is 10.1. The van der Waals surface area contributed by atoms with Crippen LogP contribution in [-0.4, -0.2) is 156 Å². The van der Waals surface area contributed by atoms with Gasteiger partial charge in [-0.3, -0.25) is 19.4 Å². The van der Waals surface area contributed by atoms with E-state index in [0.29, 0.717) is 92.8 Å². The normalized spacial score (nSPS) is 17.6. The third kappa shape index (κ3) is 16.1. The molecule has 0 spiro atoms. The SMILES string of the molecule is O=C1NCCc2cc(NC(=S)NCCN3CCOCC3)c(O)c(c2)Oc2c(Br)cc(cc2Br)CCNC(=O)/C(=N/O)Cc2cc(NC(=S)NCCN3CCOCC3)c(O)c(c2)Oc2c(Br)cc(cc2Br)C/C1=N\O. The van der Waals surface area contributed by atoms with Gasteiger partial charge in [-0.05, 0) is 172 Å². The smallest absolute Gasteiger partial charge is 0.269 e. The summed E-state index contributed by atoms with van der Waals surface area (Å²) in [6.45, 7) is 8.68. The molecule has 26 heteroatoms. The number of morpholine rings is 2. The van der Waals surface area contributed by atoms with E-state index in [1.54, 1.807) is 30.3 Å². The maximum absolute atomic E-state index is 13.6. The van der Waals surface area contributed by atoms with Crippen molar-refractivity contribution >= 4 is 133 Å². The minimum absolute atomic E-state index is 0.0378. The molecular weight excluding hydrogens is 1260 g/mol. The molecule has 0 atom stereocenters. The van der Waals surface area contributed by atoms with Gasteiger partial charge in [0.05, 0.1) is 55.7 Å². The minimum Gasteiger partial charge on any atom is -0.503 e. The second kappa shape index (κ2) is 27.8. The van der Waals surface area contributed by atoms with Crippen LogP contribution in [0.1, 0.15) is 22.3 Å². The fourth-order valence-corrected chi connectivity index (χ4v) is 11.3. The molecule has 4 aromatic carbocycles. The molecule has 2 fully saturated rings. The Morgan fingerprint density at radius 1 is 0.581 bits per heavy atom. The lowest BCUT2D eigenvalue weighted by Crippen LogP contribution is -2.42. The van der Waals surface area contributed by atoms with Gasteiger partial charge in [-0.25, -0.2) is 0 Å². The Labute approximate surface area is 471 Å². The largest absolute Gasteiger partial charge is 0.503 e. The summed E-state index contributed by atoms with van der Waals surface area (Å²) in [5.74, 6) is -1.19. The Kier molecular flexibility index (Phi) is 21.3. The molecule has 2 amide bonds. The Hall–Kier alpha value is -4.90. The van der Waals surface area contributed by atoms with Crippen molar-refractivity contribution in [1.82, 2.24) is 31.1 Å². The molecule has 4 aromatic rings. The van der Waals surface area contributed by atoms with Crippen molar-refractivity contribution in [2.24, 2.45) is 10.3 Å². The fraction of sp³-hybridized carbons (Fsp3) is 0.375. The third-order valence-electron chi connectivity index (χ3n) is 11.8. The number of hydrogen-bond acceptors (Lipinski definition) is 16. The fourth-order valence-electron chi connectivity index (χ4n) is 8.00. The average Bonchev–Trinajstić information content (AvgIpc) is 3.37. The number of halogens is 4. The van der Waals surface area contributed by atoms with Crippen LogP contribution in [0.4, 0.5) is 11.4 Å². The van der Waals surface area contributed by atoms with Crippen LogP contribution >= 0.6 is 88.2 Å². The second-order valence-electron chi connectivity index (χ2n) is 17.1. The molecule has 0 aliphatic carbocycles. The zero-order valence-electron chi connectivity index (χ0n) is 39.7. The Morgan fingerprint density at radius 3 is 1.36 bits per heavy atom. The summed E-state index contributed by atoms with van der Waals surface area (Å²) >= 11 is 25.6. The van der Waals surface area contributed by atoms with E-state index in [1.165, 1.54) is 6.07 Å². The number of carbonyl (C=O) groups excluding carboxylic acids is 2. The van der Waals surface area contributed by atoms with Crippen LogP contribution in [0.25, 0.3) is 0 Å². The highest BCUT2D eigenvalue weighted by Gasteiger charge is 2.23. The zero-order valence-corrected chi connectivity index (χ0v) is 47.7. The van der Waals surface area contributed by atoms with Crippen molar-refractivity contribution in [3.63, 3.8) is 0 Å². The van der Waals surface area contributed by atoms with Crippen molar-refractivity contribution in [2.75, 3.05) is 103 Å². The van der Waals surface area contributed by atoms with Crippen molar-refractivity contribution in [3.8, 4) is 34.5 Å². The maximum Gasteiger partial charge on any atom is 0.269 e. The lowest BCUT2D eigenvalue weighted by Gasteiger charge is -2.26. The Morgan fingerprint density at radius 2 is 0.946 bits per heavy atom. The number of rotatable bonds is 8. The highest BCUT2D eigenvalue weighted by atomic mass is 79.9. The number of oxime groups is 2. The van der Waals surface area contributed by atoms with Crippen LogP contribution < -0.4 is 41.4 Å². The molecule has 0 radical (unpaired) electrons. The molecule has 10 rings (SSSR count). The summed E-state index contributed by atoms with van der Waals surface area (Å²) < 4.78 is 25.5. The number of ether oxygens (including phenoxy) is 4. The number of anilines is 2. The number of thiocarbonyl (C=S) groups is 2. The van der Waals surface area contributed by atoms with Crippen molar-refractivity contribution in [1.29, 1.82) is 0 Å². The number of nitrogens with zero attached hydrogens (tertiary/aromatic N) is 4. The molecule has 10 N–H and O–H groups in total. The Balaban J connectivity index is 1.15. The number of aromatic hydroxyl groups is 2. The van der Waals surface area contributed by atoms with Gasteiger partial charge in [0.2, 0.25) is 0 Å². The van der Waals surface area contributed by atoms with Gasteiger partial charge in [0.1, 0.15) is 11.4 Å². The molecule has 0 unspecified atom stereocenters. The van der Waals surface area contributed by atoms with Gasteiger partial charge >= 0.3 is 0 Å². The van der Waals surface area contributed by atoms with E-state index in [-0.39, 0.29) is 94.1 Å². The van der Waals surface area contributed by atoms with Gasteiger partial charge in [-0.1, -0.05) is 10.3 Å². The molecule has 6 aliphatic heterocycles. The van der Waals surface area contributed by atoms with Crippen LogP contribution in [0.15, 0.2) is 76.7 Å². The van der Waals surface area contributed by atoms with Gasteiger partial charge < -0.3 is 71.5 Å². The van der Waals surface area contributed by atoms with Crippen molar-refractivity contribution in [3.05, 3.63) is 88.7 Å². The quantitative estimate of drug-likeness (QED) is 0.0379. The maximum atomic E-state index is 13.6. The molecule has 0 aromatic heterocycles. The molecule has 0 saturated carbocycles. The van der Waals surface area contributed by atoms with Gasteiger partial charge in [-0.15, -0.1) is 0 Å². The monoisotopic (exact) mass is 1310 g/mol. The number of phenolic OH excluding ortho intramolecular Hbond substituents is 2. The van der Waals surface area contributed by atoms with Crippen LogP contribution in [0, 0.1) is 0 Å². The first-order valence-corrected chi connectivity index (χ1v) is 27.4. The standard InChI is InChI=1S/C48H54Br4N10O10S2/c49-31-17-27-1-3-53-46(66)38(60-68)24-30-22-36(58-48(74)56-6-8-62-11-15-70-16-12-62)42(64)40(26-30)72-44-33(51)19-29(20-34(44)52)23-37(59-67)45(65)54-4-2-28-21-35(41(63)39(25-28)71-43(31)32(50)18-27)57-47(73)55-5-7-61-9-13-69-14-10-61/h17-22,25-26,63-64,67-68H,1-16,23-24H2,(H,53,66)(H,54,65)(H2,55,57,73)(H2,56,58,74)/b59-37+,60-38+. The number of amides is 2. The first kappa shape index (κ1) is 56.8. The molecule has 6 aliphatic rings. The van der Waals surface area contributed by atoms with Crippen LogP contribution in [0.3, 0.4) is 0 Å². The summed E-state index contributed by atoms with van der Waals surface area (Å²) in [4.78, 5) is 31.6. The van der Waals surface area contributed by atoms with E-state index >= 15 is 0 Å². The molecule has 396 valence electrons. The lowest BCUT2D eigenvalue weighted by molar-refractivity contribution is -0.115. The van der Waals surface area contributed by atoms with E-state index in [0.717, 1.165) is 38.3 Å². The topological polar surface area (TPSA) is 255 Å². The minimum atomic E-state index is -0.642. The van der Waals surface area contributed by atoms with E-state index in [1.807, 2.05) is 12.1 Å². The van der Waals surface area contributed by atoms with E-state index in [2.05, 4.69) is 116 Å². The first-order valence-electron chi connectivity index (χ1n) is 23.4. The summed E-state index contributed by atoms with van der Waals surface area (Å²) in [6, 6.07) is 13.4. The number of benzene rings is 4. The summed E-state index contributed by atoms with van der Waals surface area (Å²) in [7, 11) is 0. The van der Waals surface area contributed by atoms with Crippen molar-refractivity contribution in [2.45, 2.75) is 25.7 Å². The van der Waals surface area contributed by atoms with Gasteiger partial charge in [0.25, 0.3) is 11.8 Å². The van der Waals surface area contributed by atoms with Crippen molar-refractivity contribution < 1.29 is 49.2 Å². The van der Waals surface area contributed by atoms with E-state index in [9.17, 15) is 30.2 Å².